The molecule has 0 bridgehead atoms. The molecule has 5 heterocycles. The SMILES string of the molecule is CC(C)(C)OC(=O)N1CCC[C@H]1c1nc2ccc(C3CCC(c4ccc5nc([C@@H]6CCCN6C(=O)OC(C)(C)C)[nH]c5c4)N3c3ccc(C(C)(C)C)cc3)cc2[nH]1. The maximum absolute atomic E-state index is 13.1. The zero-order valence-corrected chi connectivity index (χ0v) is 35.1. The molecule has 0 spiro atoms. The van der Waals surface area contributed by atoms with Crippen molar-refractivity contribution in [3.63, 3.8) is 0 Å². The zero-order chi connectivity index (χ0) is 40.4. The largest absolute Gasteiger partial charge is 0.444 e. The third-order valence-electron chi connectivity index (χ3n) is 11.6. The van der Waals surface area contributed by atoms with Gasteiger partial charge < -0.3 is 24.3 Å². The number of rotatable bonds is 5. The van der Waals surface area contributed by atoms with Gasteiger partial charge in [-0.2, -0.15) is 0 Å². The molecule has 0 saturated carbocycles. The van der Waals surface area contributed by atoms with E-state index in [9.17, 15) is 9.59 Å². The number of imidazole rings is 2. The average Bonchev–Trinajstić information content (AvgIpc) is 3.97. The fourth-order valence-electron chi connectivity index (χ4n) is 8.96. The van der Waals surface area contributed by atoms with Crippen LogP contribution in [0.1, 0.15) is 153 Å². The van der Waals surface area contributed by atoms with Crippen LogP contribution in [0.3, 0.4) is 0 Å². The van der Waals surface area contributed by atoms with E-state index in [1.165, 1.54) is 22.4 Å². The first-order chi connectivity index (χ1) is 26.9. The Balaban J connectivity index is 1.10. The van der Waals surface area contributed by atoms with Gasteiger partial charge in [-0.1, -0.05) is 45.0 Å². The van der Waals surface area contributed by atoms with Crippen LogP contribution in [0.15, 0.2) is 60.7 Å². The molecular formula is C46H59N7O4. The summed E-state index contributed by atoms with van der Waals surface area (Å²) in [6.07, 6.45) is 4.90. The number of hydrogen-bond acceptors (Lipinski definition) is 7. The monoisotopic (exact) mass is 773 g/mol. The maximum atomic E-state index is 13.1. The van der Waals surface area contributed by atoms with Crippen LogP contribution < -0.4 is 4.90 Å². The van der Waals surface area contributed by atoms with Gasteiger partial charge in [0.25, 0.3) is 0 Å². The Morgan fingerprint density at radius 2 is 1.04 bits per heavy atom. The summed E-state index contributed by atoms with van der Waals surface area (Å²) in [5.41, 5.74) is 7.62. The third-order valence-corrected chi connectivity index (χ3v) is 11.6. The Morgan fingerprint density at radius 3 is 1.44 bits per heavy atom. The predicted molar refractivity (Wildman–Crippen MR) is 224 cm³/mol. The lowest BCUT2D eigenvalue weighted by atomic mass is 9.87. The summed E-state index contributed by atoms with van der Waals surface area (Å²) in [7, 11) is 0. The van der Waals surface area contributed by atoms with Gasteiger partial charge in [-0.15, -0.1) is 0 Å². The standard InChI is InChI=1S/C46H59N7O4/c1-44(2,3)30-16-18-31(19-17-30)53-36(28-14-20-32-34(26-28)49-40(47-32)38-12-10-24-51(38)42(54)56-45(4,5)6)22-23-37(53)29-15-21-33-35(27-29)50-41(48-33)39-13-11-25-52(39)43(55)57-46(7,8)9/h14-21,26-27,36-39H,10-13,22-25H2,1-9H3,(H,47,49)(H,48,50)/t36?,37?,38-,39-/m0/s1. The number of H-pyrrole nitrogens is 2. The van der Waals surface area contributed by atoms with E-state index in [0.29, 0.717) is 13.1 Å². The van der Waals surface area contributed by atoms with Crippen LogP contribution in [-0.4, -0.2) is 66.2 Å². The lowest BCUT2D eigenvalue weighted by Crippen LogP contribution is -2.36. The molecule has 2 N–H and O–H groups in total. The van der Waals surface area contributed by atoms with Crippen molar-refractivity contribution < 1.29 is 19.1 Å². The van der Waals surface area contributed by atoms with Crippen LogP contribution >= 0.6 is 0 Å². The summed E-state index contributed by atoms with van der Waals surface area (Å²) in [5, 5.41) is 0. The summed E-state index contributed by atoms with van der Waals surface area (Å²) in [6.45, 7) is 19.5. The summed E-state index contributed by atoms with van der Waals surface area (Å²) >= 11 is 0. The maximum Gasteiger partial charge on any atom is 0.410 e. The summed E-state index contributed by atoms with van der Waals surface area (Å²) < 4.78 is 11.5. The van der Waals surface area contributed by atoms with Gasteiger partial charge in [0.2, 0.25) is 0 Å². The van der Waals surface area contributed by atoms with Crippen molar-refractivity contribution in [3.8, 4) is 0 Å². The molecule has 5 aromatic rings. The van der Waals surface area contributed by atoms with E-state index in [2.05, 4.69) is 96.3 Å². The van der Waals surface area contributed by atoms with Crippen molar-refractivity contribution in [3.05, 3.63) is 89.0 Å². The topological polar surface area (TPSA) is 120 Å². The van der Waals surface area contributed by atoms with Crippen LogP contribution in [0.4, 0.5) is 15.3 Å². The van der Waals surface area contributed by atoms with Gasteiger partial charge in [0.1, 0.15) is 22.9 Å². The molecule has 302 valence electrons. The number of aromatic nitrogens is 4. The van der Waals surface area contributed by atoms with Crippen molar-refractivity contribution in [2.24, 2.45) is 0 Å². The van der Waals surface area contributed by atoms with Gasteiger partial charge in [0.05, 0.1) is 46.2 Å². The molecule has 0 radical (unpaired) electrons. The van der Waals surface area contributed by atoms with E-state index in [4.69, 9.17) is 19.4 Å². The molecule has 3 aliphatic rings. The average molecular weight is 774 g/mol. The lowest BCUT2D eigenvalue weighted by Gasteiger charge is -2.34. The third kappa shape index (κ3) is 7.94. The van der Waals surface area contributed by atoms with Crippen LogP contribution in [0.5, 0.6) is 0 Å². The first-order valence-electron chi connectivity index (χ1n) is 20.8. The summed E-state index contributed by atoms with van der Waals surface area (Å²) in [4.78, 5) is 49.7. The predicted octanol–water partition coefficient (Wildman–Crippen LogP) is 11.0. The second-order valence-corrected chi connectivity index (χ2v) is 19.3. The Bertz CT molecular complexity index is 2140. The number of carbonyl (C=O) groups is 2. The van der Waals surface area contributed by atoms with Crippen LogP contribution in [0.2, 0.25) is 0 Å². The molecule has 3 aromatic carbocycles. The lowest BCUT2D eigenvalue weighted by molar-refractivity contribution is 0.0208. The molecule has 3 saturated heterocycles. The number of ether oxygens (including phenoxy) is 2. The molecule has 0 aliphatic carbocycles. The molecule has 2 amide bonds. The van der Waals surface area contributed by atoms with E-state index in [1.807, 2.05) is 51.3 Å². The van der Waals surface area contributed by atoms with E-state index >= 15 is 0 Å². The first-order valence-corrected chi connectivity index (χ1v) is 20.8. The highest BCUT2D eigenvalue weighted by Gasteiger charge is 2.39. The molecule has 11 heteroatoms. The van der Waals surface area contributed by atoms with E-state index < -0.39 is 11.2 Å². The Labute approximate surface area is 336 Å². The number of anilines is 1. The summed E-state index contributed by atoms with van der Waals surface area (Å²) in [6, 6.07) is 22.3. The second-order valence-electron chi connectivity index (χ2n) is 19.3. The minimum atomic E-state index is -0.557. The number of amides is 2. The van der Waals surface area contributed by atoms with Gasteiger partial charge in [-0.3, -0.25) is 9.80 Å². The van der Waals surface area contributed by atoms with E-state index in [0.717, 1.165) is 72.2 Å². The van der Waals surface area contributed by atoms with Crippen molar-refractivity contribution in [2.45, 2.75) is 142 Å². The first kappa shape index (κ1) is 38.8. The normalized spacial score (nSPS) is 21.9. The van der Waals surface area contributed by atoms with Crippen LogP contribution in [-0.2, 0) is 14.9 Å². The Kier molecular flexibility index (Phi) is 9.80. The van der Waals surface area contributed by atoms with E-state index in [1.54, 1.807) is 0 Å². The number of nitrogens with one attached hydrogen (secondary N) is 2. The number of likely N-dealkylation sites (tertiary alicyclic amines) is 2. The Hall–Kier alpha value is -5.06. The second kappa shape index (κ2) is 14.4. The summed E-state index contributed by atoms with van der Waals surface area (Å²) in [5.74, 6) is 1.62. The molecule has 2 unspecified atom stereocenters. The van der Waals surface area contributed by atoms with Gasteiger partial charge in [0.15, 0.2) is 0 Å². The molecule has 2 aromatic heterocycles. The number of hydrogen-bond donors (Lipinski definition) is 2. The number of carbonyl (C=O) groups excluding carboxylic acids is 2. The van der Waals surface area contributed by atoms with Crippen molar-refractivity contribution in [1.29, 1.82) is 0 Å². The molecule has 3 aliphatic heterocycles. The number of nitrogens with zero attached hydrogens (tertiary/aromatic N) is 5. The smallest absolute Gasteiger partial charge is 0.410 e. The molecule has 11 nitrogen and oxygen atoms in total. The molecule has 8 rings (SSSR count). The molecule has 3 fully saturated rings. The van der Waals surface area contributed by atoms with E-state index in [-0.39, 0.29) is 41.8 Å². The molecule has 4 atom stereocenters. The highest BCUT2D eigenvalue weighted by Crippen LogP contribution is 2.48. The van der Waals surface area contributed by atoms with Crippen LogP contribution in [0.25, 0.3) is 22.1 Å². The minimum Gasteiger partial charge on any atom is -0.444 e. The number of fused-ring (bicyclic) bond motifs is 2. The van der Waals surface area contributed by atoms with Gasteiger partial charge in [-0.05, 0) is 139 Å². The molecular weight excluding hydrogens is 715 g/mol. The quantitative estimate of drug-likeness (QED) is 0.182. The highest BCUT2D eigenvalue weighted by molar-refractivity contribution is 5.78. The van der Waals surface area contributed by atoms with Crippen molar-refractivity contribution in [2.75, 3.05) is 18.0 Å². The zero-order valence-electron chi connectivity index (χ0n) is 35.1. The van der Waals surface area contributed by atoms with Gasteiger partial charge in [-0.25, -0.2) is 19.6 Å². The van der Waals surface area contributed by atoms with Crippen LogP contribution in [0, 0.1) is 0 Å². The minimum absolute atomic E-state index is 0.0474. The van der Waals surface area contributed by atoms with Crippen molar-refractivity contribution in [1.82, 2.24) is 29.7 Å². The van der Waals surface area contributed by atoms with Crippen molar-refractivity contribution >= 4 is 39.9 Å². The number of aromatic amines is 2. The van der Waals surface area contributed by atoms with Gasteiger partial charge >= 0.3 is 12.2 Å². The fraction of sp³-hybridized carbons (Fsp3) is 0.522. The van der Waals surface area contributed by atoms with Gasteiger partial charge in [0, 0.05) is 18.8 Å². The number of benzene rings is 3. The highest BCUT2D eigenvalue weighted by atomic mass is 16.6. The molecule has 57 heavy (non-hydrogen) atoms. The fourth-order valence-corrected chi connectivity index (χ4v) is 8.96. The Morgan fingerprint density at radius 1 is 0.596 bits per heavy atom.